The number of rotatable bonds is 6. The minimum atomic E-state index is 0.154. The molecule has 0 aliphatic carbocycles. The number of guanidine groups is 1. The van der Waals surface area contributed by atoms with Gasteiger partial charge >= 0.3 is 0 Å². The first-order valence-corrected chi connectivity index (χ1v) is 11.6. The summed E-state index contributed by atoms with van der Waals surface area (Å²) >= 11 is 0. The number of hydrogen-bond donors (Lipinski definition) is 2. The maximum atomic E-state index is 13.1. The SMILES string of the molecule is Cc1cc(C)c(C(=O)N2CCC(CCCN/C(=N/C#N)Nc3cc(C)nc(C)c3)C2)c(C)c1. The topological polar surface area (TPSA) is 93.4 Å². The molecule has 1 aromatic carbocycles. The highest BCUT2D eigenvalue weighted by atomic mass is 16.2. The first kappa shape index (κ1) is 24.2. The fourth-order valence-corrected chi connectivity index (χ4v) is 4.73. The number of amides is 1. The zero-order valence-electron chi connectivity index (χ0n) is 20.3. The maximum Gasteiger partial charge on any atom is 0.254 e. The Morgan fingerprint density at radius 2 is 1.82 bits per heavy atom. The van der Waals surface area contributed by atoms with E-state index in [-0.39, 0.29) is 5.91 Å². The number of pyridine rings is 1. The zero-order valence-corrected chi connectivity index (χ0v) is 20.3. The Bertz CT molecular complexity index is 1040. The smallest absolute Gasteiger partial charge is 0.254 e. The summed E-state index contributed by atoms with van der Waals surface area (Å²) in [5.74, 6) is 1.09. The number of nitriles is 1. The van der Waals surface area contributed by atoms with E-state index in [4.69, 9.17) is 5.26 Å². The normalized spacial score (nSPS) is 15.9. The van der Waals surface area contributed by atoms with Crippen molar-refractivity contribution in [3.63, 3.8) is 0 Å². The van der Waals surface area contributed by atoms with E-state index in [0.29, 0.717) is 18.4 Å². The van der Waals surface area contributed by atoms with E-state index in [1.54, 1.807) is 0 Å². The molecule has 1 aliphatic rings. The molecule has 0 spiro atoms. The van der Waals surface area contributed by atoms with E-state index in [2.05, 4.69) is 39.7 Å². The van der Waals surface area contributed by atoms with Gasteiger partial charge in [0.15, 0.2) is 0 Å². The highest BCUT2D eigenvalue weighted by molar-refractivity contribution is 5.97. The number of nitrogens with zero attached hydrogens (tertiary/aromatic N) is 4. The van der Waals surface area contributed by atoms with Crippen LogP contribution in [-0.4, -0.2) is 41.4 Å². The minimum absolute atomic E-state index is 0.154. The molecule has 174 valence electrons. The first-order chi connectivity index (χ1) is 15.8. The van der Waals surface area contributed by atoms with Crippen LogP contribution in [0.3, 0.4) is 0 Å². The van der Waals surface area contributed by atoms with Gasteiger partial charge in [-0.25, -0.2) is 0 Å². The van der Waals surface area contributed by atoms with Crippen LogP contribution in [0, 0.1) is 52.0 Å². The number of carbonyl (C=O) groups is 1. The summed E-state index contributed by atoms with van der Waals surface area (Å²) in [5.41, 5.74) is 6.83. The lowest BCUT2D eigenvalue weighted by atomic mass is 9.98. The molecular formula is C26H34N6O. The molecular weight excluding hydrogens is 412 g/mol. The van der Waals surface area contributed by atoms with Crippen molar-refractivity contribution in [2.75, 3.05) is 25.0 Å². The fraction of sp³-hybridized carbons (Fsp3) is 0.462. The van der Waals surface area contributed by atoms with Gasteiger partial charge in [0.1, 0.15) is 0 Å². The Hall–Kier alpha value is -3.40. The van der Waals surface area contributed by atoms with Gasteiger partial charge in [-0.2, -0.15) is 5.26 Å². The summed E-state index contributed by atoms with van der Waals surface area (Å²) < 4.78 is 0. The number of aromatic nitrogens is 1. The van der Waals surface area contributed by atoms with Crippen LogP contribution in [0.2, 0.25) is 0 Å². The maximum absolute atomic E-state index is 13.1. The van der Waals surface area contributed by atoms with Crippen molar-refractivity contribution in [3.05, 3.63) is 57.9 Å². The van der Waals surface area contributed by atoms with Gasteiger partial charge in [0.2, 0.25) is 12.2 Å². The van der Waals surface area contributed by atoms with Gasteiger partial charge in [-0.3, -0.25) is 9.78 Å². The molecule has 1 unspecified atom stereocenters. The predicted octanol–water partition coefficient (Wildman–Crippen LogP) is 4.40. The van der Waals surface area contributed by atoms with E-state index in [9.17, 15) is 4.79 Å². The second-order valence-electron chi connectivity index (χ2n) is 9.07. The van der Waals surface area contributed by atoms with Gasteiger partial charge in [0.05, 0.1) is 0 Å². The molecule has 33 heavy (non-hydrogen) atoms. The fourth-order valence-electron chi connectivity index (χ4n) is 4.73. The summed E-state index contributed by atoms with van der Waals surface area (Å²) in [4.78, 5) is 23.3. The highest BCUT2D eigenvalue weighted by Gasteiger charge is 2.28. The summed E-state index contributed by atoms with van der Waals surface area (Å²) in [7, 11) is 0. The molecule has 1 saturated heterocycles. The van der Waals surface area contributed by atoms with Crippen molar-refractivity contribution in [2.24, 2.45) is 10.9 Å². The number of aliphatic imine (C=N–C) groups is 1. The van der Waals surface area contributed by atoms with Crippen LogP contribution >= 0.6 is 0 Å². The van der Waals surface area contributed by atoms with Gasteiger partial charge in [0, 0.05) is 42.3 Å². The third kappa shape index (κ3) is 6.55. The summed E-state index contributed by atoms with van der Waals surface area (Å²) in [6, 6.07) is 8.01. The Balaban J connectivity index is 1.48. The molecule has 7 heteroatoms. The number of anilines is 1. The van der Waals surface area contributed by atoms with E-state index in [1.807, 2.05) is 50.9 Å². The van der Waals surface area contributed by atoms with Crippen molar-refractivity contribution >= 4 is 17.6 Å². The number of aryl methyl sites for hydroxylation is 5. The van der Waals surface area contributed by atoms with Gasteiger partial charge in [-0.15, -0.1) is 4.99 Å². The molecule has 1 atom stereocenters. The molecule has 1 amide bonds. The Morgan fingerprint density at radius 1 is 1.15 bits per heavy atom. The first-order valence-electron chi connectivity index (χ1n) is 11.6. The largest absolute Gasteiger partial charge is 0.355 e. The molecule has 1 aliphatic heterocycles. The third-order valence-corrected chi connectivity index (χ3v) is 6.05. The van der Waals surface area contributed by atoms with Crippen LogP contribution in [0.25, 0.3) is 0 Å². The molecule has 2 aromatic rings. The van der Waals surface area contributed by atoms with E-state index >= 15 is 0 Å². The molecule has 2 N–H and O–H groups in total. The standard InChI is InChI=1S/C26H34N6O/c1-17-11-18(2)24(19(3)12-17)25(33)32-10-8-22(15-32)7-6-9-28-26(29-16-27)31-23-13-20(4)30-21(5)14-23/h11-14,22H,6-10,15H2,1-5H3,(H2,28,29,30,31). The number of hydrogen-bond acceptors (Lipinski definition) is 4. The number of carbonyl (C=O) groups excluding carboxylic acids is 1. The predicted molar refractivity (Wildman–Crippen MR) is 132 cm³/mol. The summed E-state index contributed by atoms with van der Waals surface area (Å²) in [5, 5.41) is 15.4. The van der Waals surface area contributed by atoms with Crippen LogP contribution in [0.4, 0.5) is 5.69 Å². The monoisotopic (exact) mass is 446 g/mol. The Kier molecular flexibility index (Phi) is 8.05. The third-order valence-electron chi connectivity index (χ3n) is 6.05. The number of likely N-dealkylation sites (tertiary alicyclic amines) is 1. The molecule has 0 bridgehead atoms. The quantitative estimate of drug-likeness (QED) is 0.297. The molecule has 0 saturated carbocycles. The average Bonchev–Trinajstić information content (AvgIpc) is 3.18. The van der Waals surface area contributed by atoms with E-state index in [1.165, 1.54) is 5.56 Å². The van der Waals surface area contributed by atoms with Crippen LogP contribution in [0.1, 0.15) is 57.7 Å². The molecule has 7 nitrogen and oxygen atoms in total. The lowest BCUT2D eigenvalue weighted by molar-refractivity contribution is 0.0785. The van der Waals surface area contributed by atoms with Gasteiger partial charge < -0.3 is 15.5 Å². The molecule has 3 rings (SSSR count). The summed E-state index contributed by atoms with van der Waals surface area (Å²) in [6.07, 6.45) is 4.84. The van der Waals surface area contributed by atoms with Crippen LogP contribution in [-0.2, 0) is 0 Å². The van der Waals surface area contributed by atoms with Crippen molar-refractivity contribution in [1.29, 1.82) is 5.26 Å². The van der Waals surface area contributed by atoms with Crippen molar-refractivity contribution in [1.82, 2.24) is 15.2 Å². The highest BCUT2D eigenvalue weighted by Crippen LogP contribution is 2.25. The molecule has 2 heterocycles. The molecule has 0 radical (unpaired) electrons. The zero-order chi connectivity index (χ0) is 24.0. The van der Waals surface area contributed by atoms with E-state index < -0.39 is 0 Å². The van der Waals surface area contributed by atoms with E-state index in [0.717, 1.165) is 66.1 Å². The number of nitrogens with one attached hydrogen (secondary N) is 2. The summed E-state index contributed by atoms with van der Waals surface area (Å²) in [6.45, 7) is 12.3. The Morgan fingerprint density at radius 3 is 2.45 bits per heavy atom. The second-order valence-corrected chi connectivity index (χ2v) is 9.07. The average molecular weight is 447 g/mol. The second kappa shape index (κ2) is 11.0. The van der Waals surface area contributed by atoms with Gasteiger partial charge in [-0.05, 0) is 83.1 Å². The van der Waals surface area contributed by atoms with Crippen LogP contribution < -0.4 is 10.6 Å². The van der Waals surface area contributed by atoms with Crippen LogP contribution in [0.5, 0.6) is 0 Å². The molecule has 1 aromatic heterocycles. The lowest BCUT2D eigenvalue weighted by Gasteiger charge is -2.20. The molecule has 1 fully saturated rings. The van der Waals surface area contributed by atoms with Gasteiger partial charge in [-0.1, -0.05) is 17.7 Å². The van der Waals surface area contributed by atoms with Gasteiger partial charge in [0.25, 0.3) is 5.91 Å². The lowest BCUT2D eigenvalue weighted by Crippen LogP contribution is -2.32. The van der Waals surface area contributed by atoms with Crippen molar-refractivity contribution < 1.29 is 4.79 Å². The van der Waals surface area contributed by atoms with Crippen molar-refractivity contribution in [2.45, 2.75) is 53.9 Å². The number of benzene rings is 1. The van der Waals surface area contributed by atoms with Crippen LogP contribution in [0.15, 0.2) is 29.3 Å². The Labute approximate surface area is 196 Å². The minimum Gasteiger partial charge on any atom is -0.355 e. The van der Waals surface area contributed by atoms with Crippen molar-refractivity contribution in [3.8, 4) is 6.19 Å².